The molecule has 0 aromatic heterocycles. The van der Waals surface area contributed by atoms with Gasteiger partial charge in [0, 0.05) is 6.42 Å². The molecule has 1 heterocycles. The molecule has 92 valence electrons. The van der Waals surface area contributed by atoms with Crippen LogP contribution >= 0.6 is 0 Å². The van der Waals surface area contributed by atoms with Crippen LogP contribution in [-0.2, 0) is 9.63 Å². The summed E-state index contributed by atoms with van der Waals surface area (Å²) < 4.78 is 5.51. The zero-order valence-electron chi connectivity index (χ0n) is 9.80. The highest BCUT2D eigenvalue weighted by Gasteiger charge is 2.18. The number of carbonyl (C=O) groups excluding carboxylic acids is 1. The maximum atomic E-state index is 11.6. The van der Waals surface area contributed by atoms with Gasteiger partial charge in [-0.25, -0.2) is 5.06 Å². The number of hydroxylamine groups is 2. The number of rotatable bonds is 5. The first-order valence-electron chi connectivity index (χ1n) is 5.97. The van der Waals surface area contributed by atoms with Crippen LogP contribution in [-0.4, -0.2) is 30.7 Å². The summed E-state index contributed by atoms with van der Waals surface area (Å²) in [7, 11) is 0. The van der Waals surface area contributed by atoms with Gasteiger partial charge in [0.2, 0.25) is 5.91 Å². The monoisotopic (exact) mass is 235 g/mol. The topological polar surface area (TPSA) is 38.8 Å². The van der Waals surface area contributed by atoms with Gasteiger partial charge >= 0.3 is 0 Å². The lowest BCUT2D eigenvalue weighted by molar-refractivity contribution is -0.168. The molecule has 0 aliphatic carbocycles. The van der Waals surface area contributed by atoms with Crippen molar-refractivity contribution in [2.24, 2.45) is 0 Å². The molecule has 1 aliphatic rings. The van der Waals surface area contributed by atoms with Gasteiger partial charge in [0.1, 0.15) is 5.75 Å². The first-order chi connectivity index (χ1) is 8.36. The SMILES string of the molecule is O=C(CCCOc1ccccc1)N1CCCO1. The van der Waals surface area contributed by atoms with E-state index in [0.717, 1.165) is 18.7 Å². The van der Waals surface area contributed by atoms with Crippen LogP contribution in [0.15, 0.2) is 30.3 Å². The number of hydrogen-bond donors (Lipinski definition) is 0. The summed E-state index contributed by atoms with van der Waals surface area (Å²) in [4.78, 5) is 16.8. The molecule has 1 aliphatic heterocycles. The van der Waals surface area contributed by atoms with Crippen molar-refractivity contribution in [2.45, 2.75) is 19.3 Å². The Kier molecular flexibility index (Phi) is 4.38. The molecule has 1 fully saturated rings. The lowest BCUT2D eigenvalue weighted by Gasteiger charge is -2.13. The molecule has 2 rings (SSSR count). The van der Waals surface area contributed by atoms with Gasteiger partial charge in [-0.1, -0.05) is 18.2 Å². The second kappa shape index (κ2) is 6.25. The van der Waals surface area contributed by atoms with Crippen molar-refractivity contribution in [1.29, 1.82) is 0 Å². The van der Waals surface area contributed by atoms with Crippen LogP contribution in [0.3, 0.4) is 0 Å². The Labute approximate surface area is 101 Å². The van der Waals surface area contributed by atoms with Crippen molar-refractivity contribution in [3.63, 3.8) is 0 Å². The molecule has 1 aromatic rings. The van der Waals surface area contributed by atoms with E-state index >= 15 is 0 Å². The Hall–Kier alpha value is -1.55. The molecule has 0 radical (unpaired) electrons. The maximum absolute atomic E-state index is 11.6. The summed E-state index contributed by atoms with van der Waals surface area (Å²) in [5.74, 6) is 0.900. The minimum absolute atomic E-state index is 0.0548. The molecule has 0 atom stereocenters. The fourth-order valence-electron chi connectivity index (χ4n) is 1.70. The fraction of sp³-hybridized carbons (Fsp3) is 0.462. The van der Waals surface area contributed by atoms with Gasteiger partial charge in [-0.15, -0.1) is 0 Å². The molecule has 1 saturated heterocycles. The number of carbonyl (C=O) groups is 1. The molecular weight excluding hydrogens is 218 g/mol. The molecule has 0 bridgehead atoms. The van der Waals surface area contributed by atoms with E-state index in [4.69, 9.17) is 9.57 Å². The van der Waals surface area contributed by atoms with E-state index in [0.29, 0.717) is 26.1 Å². The van der Waals surface area contributed by atoms with Crippen molar-refractivity contribution >= 4 is 5.91 Å². The molecule has 0 spiro atoms. The normalized spacial score (nSPS) is 14.9. The smallest absolute Gasteiger partial charge is 0.246 e. The Morgan fingerprint density at radius 3 is 2.88 bits per heavy atom. The van der Waals surface area contributed by atoms with Crippen LogP contribution in [0.4, 0.5) is 0 Å². The van der Waals surface area contributed by atoms with Gasteiger partial charge in [0.05, 0.1) is 19.8 Å². The Bertz CT molecular complexity index is 347. The third-order valence-electron chi connectivity index (χ3n) is 2.58. The lowest BCUT2D eigenvalue weighted by Crippen LogP contribution is -2.26. The summed E-state index contributed by atoms with van der Waals surface area (Å²) in [5.41, 5.74) is 0. The maximum Gasteiger partial charge on any atom is 0.246 e. The second-order valence-corrected chi connectivity index (χ2v) is 3.95. The Balaban J connectivity index is 1.61. The molecule has 0 unspecified atom stereocenters. The predicted molar refractivity (Wildman–Crippen MR) is 63.5 cm³/mol. The van der Waals surface area contributed by atoms with Crippen LogP contribution in [0.25, 0.3) is 0 Å². The van der Waals surface area contributed by atoms with E-state index in [1.54, 1.807) is 0 Å². The fourth-order valence-corrected chi connectivity index (χ4v) is 1.70. The van der Waals surface area contributed by atoms with Crippen molar-refractivity contribution in [2.75, 3.05) is 19.8 Å². The van der Waals surface area contributed by atoms with Crippen molar-refractivity contribution in [3.8, 4) is 5.75 Å². The van der Waals surface area contributed by atoms with Gasteiger partial charge in [0.15, 0.2) is 0 Å². The summed E-state index contributed by atoms with van der Waals surface area (Å²) >= 11 is 0. The molecule has 1 aromatic carbocycles. The summed E-state index contributed by atoms with van der Waals surface area (Å²) in [6, 6.07) is 9.62. The summed E-state index contributed by atoms with van der Waals surface area (Å²) in [6.45, 7) is 1.94. The number of benzene rings is 1. The van der Waals surface area contributed by atoms with Crippen molar-refractivity contribution in [1.82, 2.24) is 5.06 Å². The highest BCUT2D eigenvalue weighted by molar-refractivity contribution is 5.75. The number of para-hydroxylation sites is 1. The average molecular weight is 235 g/mol. The largest absolute Gasteiger partial charge is 0.494 e. The number of hydrogen-bond acceptors (Lipinski definition) is 3. The molecule has 1 amide bonds. The van der Waals surface area contributed by atoms with Crippen LogP contribution in [0.1, 0.15) is 19.3 Å². The zero-order valence-corrected chi connectivity index (χ0v) is 9.80. The van der Waals surface area contributed by atoms with Gasteiger partial charge in [0.25, 0.3) is 0 Å². The van der Waals surface area contributed by atoms with Crippen LogP contribution < -0.4 is 4.74 Å². The van der Waals surface area contributed by atoms with E-state index in [1.807, 2.05) is 30.3 Å². The van der Waals surface area contributed by atoms with Gasteiger partial charge in [-0.3, -0.25) is 9.63 Å². The van der Waals surface area contributed by atoms with E-state index in [2.05, 4.69) is 0 Å². The van der Waals surface area contributed by atoms with Crippen LogP contribution in [0.5, 0.6) is 5.75 Å². The van der Waals surface area contributed by atoms with E-state index in [-0.39, 0.29) is 5.91 Å². The average Bonchev–Trinajstić information content (AvgIpc) is 2.89. The number of ether oxygens (including phenoxy) is 1. The standard InChI is InChI=1S/C13H17NO3/c15-13(14-9-5-11-17-14)8-4-10-16-12-6-2-1-3-7-12/h1-3,6-7H,4-5,8-11H2. The lowest BCUT2D eigenvalue weighted by atomic mass is 10.3. The molecule has 0 N–H and O–H groups in total. The third kappa shape index (κ3) is 3.75. The van der Waals surface area contributed by atoms with Crippen LogP contribution in [0, 0.1) is 0 Å². The number of nitrogens with zero attached hydrogens (tertiary/aromatic N) is 1. The van der Waals surface area contributed by atoms with Gasteiger partial charge < -0.3 is 4.74 Å². The van der Waals surface area contributed by atoms with Gasteiger partial charge in [-0.05, 0) is 25.0 Å². The van der Waals surface area contributed by atoms with E-state index in [1.165, 1.54) is 5.06 Å². The molecular formula is C13H17NO3. The molecule has 4 heteroatoms. The molecule has 4 nitrogen and oxygen atoms in total. The second-order valence-electron chi connectivity index (χ2n) is 3.95. The molecule has 17 heavy (non-hydrogen) atoms. The quantitative estimate of drug-likeness (QED) is 0.733. The minimum Gasteiger partial charge on any atom is -0.494 e. The highest BCUT2D eigenvalue weighted by atomic mass is 16.7. The van der Waals surface area contributed by atoms with E-state index < -0.39 is 0 Å². The van der Waals surface area contributed by atoms with E-state index in [9.17, 15) is 4.79 Å². The highest BCUT2D eigenvalue weighted by Crippen LogP contribution is 2.10. The van der Waals surface area contributed by atoms with Crippen LogP contribution in [0.2, 0.25) is 0 Å². The summed E-state index contributed by atoms with van der Waals surface area (Å²) in [5, 5.41) is 1.46. The number of amides is 1. The first-order valence-corrected chi connectivity index (χ1v) is 5.97. The molecule has 0 saturated carbocycles. The summed E-state index contributed by atoms with van der Waals surface area (Å²) in [6.07, 6.45) is 2.13. The zero-order chi connectivity index (χ0) is 11.9. The predicted octanol–water partition coefficient (Wildman–Crippen LogP) is 2.01. The minimum atomic E-state index is 0.0548. The Morgan fingerprint density at radius 2 is 2.18 bits per heavy atom. The first kappa shape index (κ1) is 11.9. The van der Waals surface area contributed by atoms with Gasteiger partial charge in [-0.2, -0.15) is 0 Å². The Morgan fingerprint density at radius 1 is 1.35 bits per heavy atom. The van der Waals surface area contributed by atoms with Crippen molar-refractivity contribution in [3.05, 3.63) is 30.3 Å². The third-order valence-corrected chi connectivity index (χ3v) is 2.58. The van der Waals surface area contributed by atoms with Crippen molar-refractivity contribution < 1.29 is 14.4 Å².